The number of hydrogen-bond acceptors (Lipinski definition) is 2. The van der Waals surface area contributed by atoms with Crippen LogP contribution in [0.2, 0.25) is 0 Å². The van der Waals surface area contributed by atoms with E-state index in [1.807, 2.05) is 28.9 Å². The summed E-state index contributed by atoms with van der Waals surface area (Å²) in [6.45, 7) is 8.50. The highest BCUT2D eigenvalue weighted by molar-refractivity contribution is 5.82. The van der Waals surface area contributed by atoms with Crippen molar-refractivity contribution in [1.29, 1.82) is 0 Å². The second-order valence-electron chi connectivity index (χ2n) is 6.83. The van der Waals surface area contributed by atoms with Crippen LogP contribution in [0.5, 0.6) is 0 Å². The molecule has 3 rings (SSSR count). The predicted octanol–water partition coefficient (Wildman–Crippen LogP) is 2.81. The Hall–Kier alpha value is -2.30. The molecular formula is C20H27N3O2. The van der Waals surface area contributed by atoms with Crippen LogP contribution in [0.15, 0.2) is 30.3 Å². The lowest BCUT2D eigenvalue weighted by Crippen LogP contribution is -2.41. The molecule has 1 aliphatic rings. The predicted molar refractivity (Wildman–Crippen MR) is 99.3 cm³/mol. The van der Waals surface area contributed by atoms with E-state index in [0.29, 0.717) is 26.1 Å². The summed E-state index contributed by atoms with van der Waals surface area (Å²) < 4.78 is 2.22. The van der Waals surface area contributed by atoms with Gasteiger partial charge in [-0.15, -0.1) is 0 Å². The van der Waals surface area contributed by atoms with Gasteiger partial charge in [0.25, 0.3) is 0 Å². The Bertz CT molecular complexity index is 780. The maximum absolute atomic E-state index is 12.6. The SMILES string of the molecule is CCN(C(C)=O)[C@H]1CCN(C(=O)CCn2c(C)cc3ccccc32)C1. The van der Waals surface area contributed by atoms with Crippen molar-refractivity contribution in [3.8, 4) is 0 Å². The quantitative estimate of drug-likeness (QED) is 0.839. The van der Waals surface area contributed by atoms with E-state index < -0.39 is 0 Å². The average molecular weight is 341 g/mol. The largest absolute Gasteiger partial charge is 0.344 e. The minimum atomic E-state index is 0.0937. The van der Waals surface area contributed by atoms with Crippen LogP contribution >= 0.6 is 0 Å². The molecule has 1 aliphatic heterocycles. The van der Waals surface area contributed by atoms with Crippen molar-refractivity contribution >= 4 is 22.7 Å². The molecular weight excluding hydrogens is 314 g/mol. The smallest absolute Gasteiger partial charge is 0.224 e. The minimum Gasteiger partial charge on any atom is -0.344 e. The number of likely N-dealkylation sites (N-methyl/N-ethyl adjacent to an activating group) is 1. The molecule has 1 aromatic carbocycles. The molecule has 0 spiro atoms. The van der Waals surface area contributed by atoms with Gasteiger partial charge < -0.3 is 14.4 Å². The molecule has 1 saturated heterocycles. The Balaban J connectivity index is 1.61. The molecule has 0 N–H and O–H groups in total. The number of nitrogens with zero attached hydrogens (tertiary/aromatic N) is 3. The van der Waals surface area contributed by atoms with Crippen LogP contribution in [0.4, 0.5) is 0 Å². The summed E-state index contributed by atoms with van der Waals surface area (Å²) in [6.07, 6.45) is 1.38. The first-order valence-electron chi connectivity index (χ1n) is 9.11. The molecule has 0 bridgehead atoms. The number of hydrogen-bond donors (Lipinski definition) is 0. The Morgan fingerprint density at radius 3 is 2.76 bits per heavy atom. The van der Waals surface area contributed by atoms with Crippen LogP contribution < -0.4 is 0 Å². The molecule has 1 aromatic heterocycles. The molecule has 25 heavy (non-hydrogen) atoms. The fraction of sp³-hybridized carbons (Fsp3) is 0.500. The third-order valence-corrected chi connectivity index (χ3v) is 5.27. The van der Waals surface area contributed by atoms with Gasteiger partial charge in [0.05, 0.1) is 6.04 Å². The highest BCUT2D eigenvalue weighted by Crippen LogP contribution is 2.21. The Morgan fingerprint density at radius 1 is 1.28 bits per heavy atom. The van der Waals surface area contributed by atoms with E-state index in [-0.39, 0.29) is 17.9 Å². The van der Waals surface area contributed by atoms with Crippen LogP contribution in [-0.2, 0) is 16.1 Å². The highest BCUT2D eigenvalue weighted by Gasteiger charge is 2.30. The summed E-state index contributed by atoms with van der Waals surface area (Å²) in [4.78, 5) is 28.1. The molecule has 1 atom stereocenters. The number of para-hydroxylation sites is 1. The molecule has 2 amide bonds. The second kappa shape index (κ2) is 7.30. The van der Waals surface area contributed by atoms with Gasteiger partial charge in [0, 0.05) is 50.7 Å². The first kappa shape index (κ1) is 17.5. The monoisotopic (exact) mass is 341 g/mol. The molecule has 0 unspecified atom stereocenters. The molecule has 134 valence electrons. The Morgan fingerprint density at radius 2 is 2.04 bits per heavy atom. The lowest BCUT2D eigenvalue weighted by Gasteiger charge is -2.26. The summed E-state index contributed by atoms with van der Waals surface area (Å²) >= 11 is 0. The van der Waals surface area contributed by atoms with E-state index in [2.05, 4.69) is 29.7 Å². The van der Waals surface area contributed by atoms with Gasteiger partial charge in [0.2, 0.25) is 11.8 Å². The van der Waals surface area contributed by atoms with Crippen LogP contribution in [0.1, 0.15) is 32.4 Å². The van der Waals surface area contributed by atoms with Gasteiger partial charge in [-0.2, -0.15) is 0 Å². The molecule has 0 aliphatic carbocycles. The van der Waals surface area contributed by atoms with Crippen LogP contribution in [-0.4, -0.2) is 51.9 Å². The van der Waals surface area contributed by atoms with E-state index in [9.17, 15) is 9.59 Å². The summed E-state index contributed by atoms with van der Waals surface area (Å²) in [5.41, 5.74) is 2.36. The topological polar surface area (TPSA) is 45.6 Å². The van der Waals surface area contributed by atoms with Gasteiger partial charge >= 0.3 is 0 Å². The van der Waals surface area contributed by atoms with Crippen molar-refractivity contribution in [1.82, 2.24) is 14.4 Å². The van der Waals surface area contributed by atoms with Gasteiger partial charge in [-0.05, 0) is 37.8 Å². The molecule has 0 radical (unpaired) electrons. The molecule has 2 heterocycles. The fourth-order valence-electron chi connectivity index (χ4n) is 3.97. The van der Waals surface area contributed by atoms with Crippen molar-refractivity contribution < 1.29 is 9.59 Å². The fourth-order valence-corrected chi connectivity index (χ4v) is 3.97. The number of carbonyl (C=O) groups excluding carboxylic acids is 2. The van der Waals surface area contributed by atoms with Gasteiger partial charge in [-0.25, -0.2) is 0 Å². The number of rotatable bonds is 5. The van der Waals surface area contributed by atoms with Gasteiger partial charge in [0.15, 0.2) is 0 Å². The van der Waals surface area contributed by atoms with Crippen molar-refractivity contribution in [2.45, 2.75) is 46.2 Å². The Labute approximate surface area is 149 Å². The van der Waals surface area contributed by atoms with Crippen molar-refractivity contribution in [2.75, 3.05) is 19.6 Å². The average Bonchev–Trinajstić information content (AvgIpc) is 3.17. The zero-order valence-corrected chi connectivity index (χ0v) is 15.4. The third kappa shape index (κ3) is 3.55. The Kier molecular flexibility index (Phi) is 5.11. The standard InChI is InChI=1S/C20H27N3O2/c1-4-22(16(3)24)18-9-11-21(14-18)20(25)10-12-23-15(2)13-17-7-5-6-8-19(17)23/h5-8,13,18H,4,9-12,14H2,1-3H3/t18-/m0/s1. The highest BCUT2D eigenvalue weighted by atomic mass is 16.2. The van der Waals surface area contributed by atoms with Crippen molar-refractivity contribution in [2.24, 2.45) is 0 Å². The lowest BCUT2D eigenvalue weighted by molar-refractivity contribution is -0.133. The van der Waals surface area contributed by atoms with Crippen LogP contribution in [0.25, 0.3) is 10.9 Å². The molecule has 5 heteroatoms. The normalized spacial score (nSPS) is 17.2. The maximum atomic E-state index is 12.6. The number of carbonyl (C=O) groups is 2. The minimum absolute atomic E-state index is 0.0937. The number of amides is 2. The van der Waals surface area contributed by atoms with Gasteiger partial charge in [-0.1, -0.05) is 18.2 Å². The van der Waals surface area contributed by atoms with E-state index in [1.54, 1.807) is 6.92 Å². The second-order valence-corrected chi connectivity index (χ2v) is 6.83. The number of aryl methyl sites for hydroxylation is 2. The first-order chi connectivity index (χ1) is 12.0. The summed E-state index contributed by atoms with van der Waals surface area (Å²) in [6, 6.07) is 10.6. The zero-order chi connectivity index (χ0) is 18.0. The van der Waals surface area contributed by atoms with Crippen molar-refractivity contribution in [3.63, 3.8) is 0 Å². The number of fused-ring (bicyclic) bond motifs is 1. The molecule has 5 nitrogen and oxygen atoms in total. The summed E-state index contributed by atoms with van der Waals surface area (Å²) in [5.74, 6) is 0.274. The molecule has 1 fully saturated rings. The van der Waals surface area contributed by atoms with E-state index in [4.69, 9.17) is 0 Å². The first-order valence-corrected chi connectivity index (χ1v) is 9.11. The van der Waals surface area contributed by atoms with E-state index in [0.717, 1.165) is 13.0 Å². The van der Waals surface area contributed by atoms with Gasteiger partial charge in [-0.3, -0.25) is 9.59 Å². The molecule has 0 saturated carbocycles. The number of aromatic nitrogens is 1. The van der Waals surface area contributed by atoms with Crippen LogP contribution in [0, 0.1) is 6.92 Å². The van der Waals surface area contributed by atoms with Gasteiger partial charge in [0.1, 0.15) is 0 Å². The number of likely N-dealkylation sites (tertiary alicyclic amines) is 1. The number of benzene rings is 1. The van der Waals surface area contributed by atoms with E-state index in [1.165, 1.54) is 16.6 Å². The van der Waals surface area contributed by atoms with E-state index >= 15 is 0 Å². The summed E-state index contributed by atoms with van der Waals surface area (Å²) in [5, 5.41) is 1.22. The van der Waals surface area contributed by atoms with Crippen LogP contribution in [0.3, 0.4) is 0 Å². The third-order valence-electron chi connectivity index (χ3n) is 5.27. The zero-order valence-electron chi connectivity index (χ0n) is 15.4. The molecule has 2 aromatic rings. The summed E-state index contributed by atoms with van der Waals surface area (Å²) in [7, 11) is 0. The van der Waals surface area contributed by atoms with Crippen molar-refractivity contribution in [3.05, 3.63) is 36.0 Å². The lowest BCUT2D eigenvalue weighted by atomic mass is 10.2. The maximum Gasteiger partial charge on any atom is 0.224 e.